The van der Waals surface area contributed by atoms with Crippen LogP contribution >= 0.6 is 0 Å². The molecule has 3 N–H and O–H groups in total. The fourth-order valence-corrected chi connectivity index (χ4v) is 2.02. The van der Waals surface area contributed by atoms with Gasteiger partial charge in [0.2, 0.25) is 0 Å². The summed E-state index contributed by atoms with van der Waals surface area (Å²) in [5, 5.41) is 2.71. The fourth-order valence-electron chi connectivity index (χ4n) is 2.02. The van der Waals surface area contributed by atoms with E-state index in [-0.39, 0.29) is 24.3 Å². The van der Waals surface area contributed by atoms with Crippen molar-refractivity contribution in [3.05, 3.63) is 53.6 Å². The number of nitrogen functional groups attached to an aromatic ring is 1. The Morgan fingerprint density at radius 3 is 2.75 bits per heavy atom. The Labute approximate surface area is 117 Å². The van der Waals surface area contributed by atoms with E-state index in [2.05, 4.69) is 5.32 Å². The van der Waals surface area contributed by atoms with E-state index in [4.69, 9.17) is 5.73 Å². The minimum atomic E-state index is -0.327. The van der Waals surface area contributed by atoms with Crippen LogP contribution < -0.4 is 11.1 Å². The lowest BCUT2D eigenvalue weighted by molar-refractivity contribution is 0.0940. The highest BCUT2D eigenvalue weighted by atomic mass is 19.1. The predicted molar refractivity (Wildman–Crippen MR) is 76.8 cm³/mol. The van der Waals surface area contributed by atoms with E-state index < -0.39 is 0 Å². The number of amides is 1. The van der Waals surface area contributed by atoms with Crippen molar-refractivity contribution in [1.82, 2.24) is 9.88 Å². The molecule has 106 valence electrons. The van der Waals surface area contributed by atoms with Crippen molar-refractivity contribution in [3.63, 3.8) is 0 Å². The molecule has 1 amide bonds. The van der Waals surface area contributed by atoms with E-state index in [1.54, 1.807) is 35.0 Å². The van der Waals surface area contributed by atoms with Crippen molar-refractivity contribution >= 4 is 11.6 Å². The Bertz CT molecular complexity index is 619. The third-order valence-electron chi connectivity index (χ3n) is 3.06. The first-order chi connectivity index (χ1) is 9.49. The molecule has 2 rings (SSSR count). The van der Waals surface area contributed by atoms with Gasteiger partial charge in [0, 0.05) is 24.3 Å². The van der Waals surface area contributed by atoms with Crippen LogP contribution in [0.25, 0.3) is 0 Å². The maximum Gasteiger partial charge on any atom is 0.268 e. The van der Waals surface area contributed by atoms with Crippen molar-refractivity contribution in [2.75, 3.05) is 5.73 Å². The van der Waals surface area contributed by atoms with E-state index in [1.165, 1.54) is 6.07 Å². The lowest BCUT2D eigenvalue weighted by Gasteiger charge is -2.12. The number of anilines is 1. The third kappa shape index (κ3) is 2.99. The van der Waals surface area contributed by atoms with E-state index in [0.717, 1.165) is 0 Å². The van der Waals surface area contributed by atoms with Gasteiger partial charge < -0.3 is 15.6 Å². The number of aromatic nitrogens is 1. The van der Waals surface area contributed by atoms with Gasteiger partial charge in [-0.2, -0.15) is 0 Å². The maximum atomic E-state index is 13.5. The highest BCUT2D eigenvalue weighted by Crippen LogP contribution is 2.16. The Hall–Kier alpha value is -2.30. The molecule has 0 fully saturated rings. The molecule has 0 aliphatic heterocycles. The first kappa shape index (κ1) is 14.1. The predicted octanol–water partition coefficient (Wildman–Crippen LogP) is 2.72. The fraction of sp³-hybridized carbons (Fsp3) is 0.267. The molecular formula is C15H18FN3O. The number of nitrogens with two attached hydrogens (primary N) is 1. The third-order valence-corrected chi connectivity index (χ3v) is 3.06. The Morgan fingerprint density at radius 1 is 1.40 bits per heavy atom. The van der Waals surface area contributed by atoms with E-state index in [0.29, 0.717) is 16.9 Å². The van der Waals surface area contributed by atoms with Gasteiger partial charge in [-0.25, -0.2) is 4.39 Å². The number of halogens is 1. The average molecular weight is 275 g/mol. The van der Waals surface area contributed by atoms with Gasteiger partial charge in [-0.3, -0.25) is 4.79 Å². The summed E-state index contributed by atoms with van der Waals surface area (Å²) in [5.74, 6) is -0.592. The van der Waals surface area contributed by atoms with Crippen LogP contribution in [0.4, 0.5) is 10.1 Å². The van der Waals surface area contributed by atoms with E-state index in [1.807, 2.05) is 13.8 Å². The summed E-state index contributed by atoms with van der Waals surface area (Å²) in [7, 11) is 0. The van der Waals surface area contributed by atoms with Gasteiger partial charge in [0.05, 0.1) is 5.69 Å². The molecule has 1 aromatic heterocycles. The molecular weight excluding hydrogens is 257 g/mol. The minimum Gasteiger partial charge on any atom is -0.397 e. The molecule has 5 heteroatoms. The van der Waals surface area contributed by atoms with Crippen LogP contribution in [0.1, 0.15) is 35.9 Å². The number of carbonyl (C=O) groups is 1. The molecule has 0 unspecified atom stereocenters. The standard InChI is InChI=1S/C15H18FN3O/c1-10(2)19-9-12(17)7-14(19)15(20)18-8-11-5-3-4-6-13(11)16/h3-7,9-10H,8,17H2,1-2H3,(H,18,20). The van der Waals surface area contributed by atoms with Crippen LogP contribution in [0.2, 0.25) is 0 Å². The Kier molecular flexibility index (Phi) is 4.08. The molecule has 1 aromatic carbocycles. The van der Waals surface area contributed by atoms with Crippen LogP contribution in [0.5, 0.6) is 0 Å². The van der Waals surface area contributed by atoms with Gasteiger partial charge in [-0.1, -0.05) is 18.2 Å². The Morgan fingerprint density at radius 2 is 2.10 bits per heavy atom. The molecule has 0 saturated heterocycles. The quantitative estimate of drug-likeness (QED) is 0.901. The first-order valence-electron chi connectivity index (χ1n) is 6.48. The highest BCUT2D eigenvalue weighted by Gasteiger charge is 2.14. The second-order valence-electron chi connectivity index (χ2n) is 4.93. The largest absolute Gasteiger partial charge is 0.397 e. The van der Waals surface area contributed by atoms with Crippen LogP contribution in [-0.2, 0) is 6.54 Å². The average Bonchev–Trinajstić information content (AvgIpc) is 2.80. The summed E-state index contributed by atoms with van der Waals surface area (Å²) in [4.78, 5) is 12.2. The second kappa shape index (κ2) is 5.77. The van der Waals surface area contributed by atoms with Gasteiger partial charge in [-0.05, 0) is 26.0 Å². The zero-order chi connectivity index (χ0) is 14.7. The zero-order valence-corrected chi connectivity index (χ0v) is 11.6. The van der Waals surface area contributed by atoms with Gasteiger partial charge in [0.15, 0.2) is 0 Å². The molecule has 0 aliphatic rings. The maximum absolute atomic E-state index is 13.5. The molecule has 0 atom stereocenters. The van der Waals surface area contributed by atoms with Crippen molar-refractivity contribution in [2.45, 2.75) is 26.4 Å². The smallest absolute Gasteiger partial charge is 0.268 e. The number of carbonyl (C=O) groups excluding carboxylic acids is 1. The van der Waals surface area contributed by atoms with E-state index in [9.17, 15) is 9.18 Å². The van der Waals surface area contributed by atoms with Gasteiger partial charge in [-0.15, -0.1) is 0 Å². The lowest BCUT2D eigenvalue weighted by atomic mass is 10.2. The summed E-state index contributed by atoms with van der Waals surface area (Å²) in [5.41, 5.74) is 7.20. The number of rotatable bonds is 4. The number of hydrogen-bond acceptors (Lipinski definition) is 2. The molecule has 4 nitrogen and oxygen atoms in total. The van der Waals surface area contributed by atoms with Crippen molar-refractivity contribution < 1.29 is 9.18 Å². The minimum absolute atomic E-state index is 0.126. The van der Waals surface area contributed by atoms with Crippen molar-refractivity contribution in [1.29, 1.82) is 0 Å². The van der Waals surface area contributed by atoms with E-state index >= 15 is 0 Å². The SMILES string of the molecule is CC(C)n1cc(N)cc1C(=O)NCc1ccccc1F. The number of benzene rings is 1. The molecule has 1 heterocycles. The number of nitrogens with one attached hydrogen (secondary N) is 1. The summed E-state index contributed by atoms with van der Waals surface area (Å²) >= 11 is 0. The van der Waals surface area contributed by atoms with Crippen LogP contribution in [0, 0.1) is 5.82 Å². The molecule has 0 spiro atoms. The van der Waals surface area contributed by atoms with Crippen molar-refractivity contribution in [2.24, 2.45) is 0 Å². The van der Waals surface area contributed by atoms with Crippen LogP contribution in [-0.4, -0.2) is 10.5 Å². The molecule has 0 saturated carbocycles. The molecule has 2 aromatic rings. The summed E-state index contributed by atoms with van der Waals surface area (Å²) in [6.07, 6.45) is 1.72. The monoisotopic (exact) mass is 275 g/mol. The topological polar surface area (TPSA) is 60.0 Å². The summed E-state index contributed by atoms with van der Waals surface area (Å²) < 4.78 is 15.3. The zero-order valence-electron chi connectivity index (χ0n) is 11.6. The number of nitrogens with zero attached hydrogens (tertiary/aromatic N) is 1. The van der Waals surface area contributed by atoms with Gasteiger partial charge >= 0.3 is 0 Å². The lowest BCUT2D eigenvalue weighted by Crippen LogP contribution is -2.26. The summed E-state index contributed by atoms with van der Waals surface area (Å²) in [6.45, 7) is 4.08. The molecule has 0 aliphatic carbocycles. The van der Waals surface area contributed by atoms with Gasteiger partial charge in [0.25, 0.3) is 5.91 Å². The molecule has 0 radical (unpaired) electrons. The Balaban J connectivity index is 2.11. The van der Waals surface area contributed by atoms with Crippen molar-refractivity contribution in [3.8, 4) is 0 Å². The molecule has 20 heavy (non-hydrogen) atoms. The highest BCUT2D eigenvalue weighted by molar-refractivity contribution is 5.93. The number of hydrogen-bond donors (Lipinski definition) is 2. The summed E-state index contributed by atoms with van der Waals surface area (Å²) in [6, 6.07) is 8.12. The van der Waals surface area contributed by atoms with Gasteiger partial charge in [0.1, 0.15) is 11.5 Å². The first-order valence-corrected chi connectivity index (χ1v) is 6.48. The normalized spacial score (nSPS) is 10.8. The van der Waals surface area contributed by atoms with Crippen LogP contribution in [0.3, 0.4) is 0 Å². The van der Waals surface area contributed by atoms with Crippen LogP contribution in [0.15, 0.2) is 36.5 Å². The molecule has 0 bridgehead atoms. The second-order valence-corrected chi connectivity index (χ2v) is 4.93.